The Morgan fingerprint density at radius 2 is 2.00 bits per heavy atom. The summed E-state index contributed by atoms with van der Waals surface area (Å²) in [5.41, 5.74) is 7.53. The van der Waals surface area contributed by atoms with Crippen molar-refractivity contribution in [3.05, 3.63) is 35.4 Å². The number of rotatable bonds is 4. The van der Waals surface area contributed by atoms with E-state index >= 15 is 0 Å². The van der Waals surface area contributed by atoms with Crippen LogP contribution in [0.25, 0.3) is 0 Å². The Kier molecular flexibility index (Phi) is 2.73. The van der Waals surface area contributed by atoms with E-state index < -0.39 is 0 Å². The summed E-state index contributed by atoms with van der Waals surface area (Å²) in [6.45, 7) is 2.03. The topological polar surface area (TPSA) is 55.1 Å². The van der Waals surface area contributed by atoms with E-state index in [1.807, 2.05) is 31.2 Å². The van der Waals surface area contributed by atoms with Gasteiger partial charge in [-0.15, -0.1) is 0 Å². The Bertz CT molecular complexity index is 354. The zero-order chi connectivity index (χ0) is 10.8. The summed E-state index contributed by atoms with van der Waals surface area (Å²) in [4.78, 5) is 11.3. The quantitative estimate of drug-likeness (QED) is 0.776. The average Bonchev–Trinajstić information content (AvgIpc) is 2.99. The molecule has 1 unspecified atom stereocenters. The summed E-state index contributed by atoms with van der Waals surface area (Å²) < 4.78 is 0. The number of aryl methyl sites for hydroxylation is 1. The van der Waals surface area contributed by atoms with Crippen LogP contribution in [0.1, 0.15) is 30.0 Å². The number of nitrogens with one attached hydrogen (secondary N) is 1. The van der Waals surface area contributed by atoms with Crippen LogP contribution in [-0.2, 0) is 4.79 Å². The molecule has 0 bridgehead atoms. The van der Waals surface area contributed by atoms with Crippen LogP contribution in [0.15, 0.2) is 24.3 Å². The van der Waals surface area contributed by atoms with E-state index in [-0.39, 0.29) is 11.9 Å². The standard InChI is InChI=1S/C12H16N2O/c1-8-2-4-9(5-3-8)11(12(13)15)14-10-6-7-10/h2-5,10-11,14H,6-7H2,1H3,(H2,13,15). The molecule has 1 aromatic rings. The Balaban J connectivity index is 2.15. The number of primary amides is 1. The maximum absolute atomic E-state index is 11.3. The van der Waals surface area contributed by atoms with Gasteiger partial charge in [0.05, 0.1) is 0 Å². The van der Waals surface area contributed by atoms with Crippen LogP contribution >= 0.6 is 0 Å². The molecule has 3 nitrogen and oxygen atoms in total. The van der Waals surface area contributed by atoms with Gasteiger partial charge in [-0.25, -0.2) is 0 Å². The summed E-state index contributed by atoms with van der Waals surface area (Å²) in [6.07, 6.45) is 2.30. The van der Waals surface area contributed by atoms with Gasteiger partial charge in [0.25, 0.3) is 0 Å². The van der Waals surface area contributed by atoms with Gasteiger partial charge in [-0.2, -0.15) is 0 Å². The van der Waals surface area contributed by atoms with E-state index in [4.69, 9.17) is 5.73 Å². The second-order valence-corrected chi connectivity index (χ2v) is 4.19. The van der Waals surface area contributed by atoms with Crippen molar-refractivity contribution in [2.75, 3.05) is 0 Å². The molecular weight excluding hydrogens is 188 g/mol. The highest BCUT2D eigenvalue weighted by Gasteiger charge is 2.27. The number of carbonyl (C=O) groups excluding carboxylic acids is 1. The third-order valence-electron chi connectivity index (χ3n) is 2.67. The first-order valence-electron chi connectivity index (χ1n) is 5.29. The van der Waals surface area contributed by atoms with E-state index in [0.29, 0.717) is 6.04 Å². The Hall–Kier alpha value is -1.35. The molecule has 3 N–H and O–H groups in total. The number of hydrogen-bond donors (Lipinski definition) is 2. The van der Waals surface area contributed by atoms with E-state index in [0.717, 1.165) is 18.4 Å². The Morgan fingerprint density at radius 1 is 1.40 bits per heavy atom. The summed E-state index contributed by atoms with van der Waals surface area (Å²) in [6, 6.07) is 8.06. The van der Waals surface area contributed by atoms with Crippen LogP contribution in [0.2, 0.25) is 0 Å². The van der Waals surface area contributed by atoms with Crippen molar-refractivity contribution >= 4 is 5.91 Å². The lowest BCUT2D eigenvalue weighted by Crippen LogP contribution is -2.34. The number of carbonyl (C=O) groups is 1. The maximum Gasteiger partial charge on any atom is 0.239 e. The number of amides is 1. The maximum atomic E-state index is 11.3. The van der Waals surface area contributed by atoms with Crippen molar-refractivity contribution in [1.29, 1.82) is 0 Å². The summed E-state index contributed by atoms with van der Waals surface area (Å²) >= 11 is 0. The number of benzene rings is 1. The summed E-state index contributed by atoms with van der Waals surface area (Å²) in [7, 11) is 0. The zero-order valence-corrected chi connectivity index (χ0v) is 8.86. The molecule has 0 saturated heterocycles. The lowest BCUT2D eigenvalue weighted by molar-refractivity contribution is -0.120. The normalized spacial score (nSPS) is 17.4. The average molecular weight is 204 g/mol. The van der Waals surface area contributed by atoms with E-state index in [1.165, 1.54) is 5.56 Å². The molecule has 1 atom stereocenters. The van der Waals surface area contributed by atoms with E-state index in [1.54, 1.807) is 0 Å². The molecule has 1 aliphatic carbocycles. The van der Waals surface area contributed by atoms with E-state index in [2.05, 4.69) is 5.32 Å². The van der Waals surface area contributed by atoms with Gasteiger partial charge in [-0.05, 0) is 25.3 Å². The minimum absolute atomic E-state index is 0.300. The number of nitrogens with two attached hydrogens (primary N) is 1. The predicted octanol–water partition coefficient (Wildman–Crippen LogP) is 1.27. The fraction of sp³-hybridized carbons (Fsp3) is 0.417. The van der Waals surface area contributed by atoms with Gasteiger partial charge < -0.3 is 5.73 Å². The molecule has 1 aliphatic rings. The third kappa shape index (κ3) is 2.57. The van der Waals surface area contributed by atoms with Gasteiger partial charge in [-0.3, -0.25) is 10.1 Å². The van der Waals surface area contributed by atoms with Crippen LogP contribution in [0, 0.1) is 6.92 Å². The molecule has 3 heteroatoms. The first kappa shape index (κ1) is 10.2. The highest BCUT2D eigenvalue weighted by molar-refractivity contribution is 5.81. The molecule has 15 heavy (non-hydrogen) atoms. The smallest absolute Gasteiger partial charge is 0.239 e. The highest BCUT2D eigenvalue weighted by Crippen LogP contribution is 2.24. The molecular formula is C12H16N2O. The van der Waals surface area contributed by atoms with Crippen molar-refractivity contribution < 1.29 is 4.79 Å². The SMILES string of the molecule is Cc1ccc(C(NC2CC2)C(N)=O)cc1. The van der Waals surface area contributed by atoms with Crippen LogP contribution in [0.5, 0.6) is 0 Å². The number of hydrogen-bond acceptors (Lipinski definition) is 2. The van der Waals surface area contributed by atoms with Crippen molar-refractivity contribution in [3.63, 3.8) is 0 Å². The van der Waals surface area contributed by atoms with Gasteiger partial charge in [0.1, 0.15) is 6.04 Å². The molecule has 80 valence electrons. The van der Waals surface area contributed by atoms with Crippen molar-refractivity contribution in [1.82, 2.24) is 5.32 Å². The van der Waals surface area contributed by atoms with Crippen LogP contribution in [0.3, 0.4) is 0 Å². The van der Waals surface area contributed by atoms with Gasteiger partial charge in [0.15, 0.2) is 0 Å². The molecule has 0 aromatic heterocycles. The second-order valence-electron chi connectivity index (χ2n) is 4.19. The second kappa shape index (κ2) is 4.03. The van der Waals surface area contributed by atoms with Crippen LogP contribution < -0.4 is 11.1 Å². The predicted molar refractivity (Wildman–Crippen MR) is 59.3 cm³/mol. The van der Waals surface area contributed by atoms with Crippen molar-refractivity contribution in [2.24, 2.45) is 5.73 Å². The Labute approximate surface area is 89.7 Å². The molecule has 0 aliphatic heterocycles. The monoisotopic (exact) mass is 204 g/mol. The van der Waals surface area contributed by atoms with Gasteiger partial charge >= 0.3 is 0 Å². The lowest BCUT2D eigenvalue weighted by atomic mass is 10.0. The first-order chi connectivity index (χ1) is 7.16. The molecule has 1 aromatic carbocycles. The van der Waals surface area contributed by atoms with Crippen LogP contribution in [0.4, 0.5) is 0 Å². The summed E-state index contributed by atoms with van der Waals surface area (Å²) in [5.74, 6) is -0.300. The van der Waals surface area contributed by atoms with Crippen LogP contribution in [-0.4, -0.2) is 11.9 Å². The largest absolute Gasteiger partial charge is 0.368 e. The molecule has 1 saturated carbocycles. The fourth-order valence-corrected chi connectivity index (χ4v) is 1.59. The molecule has 0 heterocycles. The molecule has 0 radical (unpaired) electrons. The van der Waals surface area contributed by atoms with Gasteiger partial charge in [-0.1, -0.05) is 29.8 Å². The minimum Gasteiger partial charge on any atom is -0.368 e. The van der Waals surface area contributed by atoms with Crippen molar-refractivity contribution in [3.8, 4) is 0 Å². The molecule has 0 spiro atoms. The highest BCUT2D eigenvalue weighted by atomic mass is 16.1. The van der Waals surface area contributed by atoms with Gasteiger partial charge in [0, 0.05) is 6.04 Å². The van der Waals surface area contributed by atoms with Gasteiger partial charge in [0.2, 0.25) is 5.91 Å². The molecule has 1 fully saturated rings. The fourth-order valence-electron chi connectivity index (χ4n) is 1.59. The van der Waals surface area contributed by atoms with Crippen molar-refractivity contribution in [2.45, 2.75) is 31.8 Å². The lowest BCUT2D eigenvalue weighted by Gasteiger charge is -2.15. The zero-order valence-electron chi connectivity index (χ0n) is 8.86. The Morgan fingerprint density at radius 3 is 2.47 bits per heavy atom. The summed E-state index contributed by atoms with van der Waals surface area (Å²) in [5, 5.41) is 3.25. The minimum atomic E-state index is -0.335. The molecule has 1 amide bonds. The first-order valence-corrected chi connectivity index (χ1v) is 5.29. The third-order valence-corrected chi connectivity index (χ3v) is 2.67. The molecule has 2 rings (SSSR count). The van der Waals surface area contributed by atoms with E-state index in [9.17, 15) is 4.79 Å².